The molecule has 1 unspecified atom stereocenters. The van der Waals surface area contributed by atoms with Gasteiger partial charge in [-0.25, -0.2) is 4.39 Å². The molecule has 0 saturated carbocycles. The number of hydrogen-bond donors (Lipinski definition) is 1. The van der Waals surface area contributed by atoms with Gasteiger partial charge in [0.2, 0.25) is 0 Å². The predicted molar refractivity (Wildman–Crippen MR) is 68.4 cm³/mol. The smallest absolute Gasteiger partial charge is 0.127 e. The molecule has 0 amide bonds. The molecule has 1 aromatic carbocycles. The maximum Gasteiger partial charge on any atom is 0.127 e. The van der Waals surface area contributed by atoms with Crippen molar-refractivity contribution in [3.8, 4) is 0 Å². The molecule has 0 aliphatic carbocycles. The highest BCUT2D eigenvalue weighted by Crippen LogP contribution is 2.14. The number of likely N-dealkylation sites (tertiary alicyclic amines) is 1. The van der Waals surface area contributed by atoms with Crippen LogP contribution in [-0.4, -0.2) is 31.6 Å². The van der Waals surface area contributed by atoms with Crippen LogP contribution < -0.4 is 5.32 Å². The van der Waals surface area contributed by atoms with Gasteiger partial charge in [-0.1, -0.05) is 17.7 Å². The first-order valence-corrected chi connectivity index (χ1v) is 6.29. The van der Waals surface area contributed by atoms with Crippen molar-refractivity contribution in [1.82, 2.24) is 10.2 Å². The Balaban J connectivity index is 1.80. The molecular formula is C14H21FN2. The summed E-state index contributed by atoms with van der Waals surface area (Å²) in [4.78, 5) is 2.35. The van der Waals surface area contributed by atoms with E-state index >= 15 is 0 Å². The second-order valence-electron chi connectivity index (χ2n) is 5.14. The Labute approximate surface area is 103 Å². The molecule has 0 spiro atoms. The van der Waals surface area contributed by atoms with E-state index in [4.69, 9.17) is 0 Å². The van der Waals surface area contributed by atoms with Crippen molar-refractivity contribution in [3.05, 3.63) is 35.1 Å². The lowest BCUT2D eigenvalue weighted by Gasteiger charge is -2.12. The number of hydrogen-bond acceptors (Lipinski definition) is 2. The molecule has 0 aromatic heterocycles. The van der Waals surface area contributed by atoms with Gasteiger partial charge in [-0.2, -0.15) is 0 Å². The number of nitrogens with one attached hydrogen (secondary N) is 1. The quantitative estimate of drug-likeness (QED) is 0.862. The summed E-state index contributed by atoms with van der Waals surface area (Å²) < 4.78 is 13.5. The Bertz CT molecular complexity index is 378. The van der Waals surface area contributed by atoms with Crippen LogP contribution in [0.5, 0.6) is 0 Å². The van der Waals surface area contributed by atoms with Crippen molar-refractivity contribution >= 4 is 0 Å². The highest BCUT2D eigenvalue weighted by molar-refractivity contribution is 5.23. The van der Waals surface area contributed by atoms with Crippen LogP contribution in [0.3, 0.4) is 0 Å². The van der Waals surface area contributed by atoms with Crippen molar-refractivity contribution < 1.29 is 4.39 Å². The first-order chi connectivity index (χ1) is 8.15. The van der Waals surface area contributed by atoms with Gasteiger partial charge in [0.1, 0.15) is 5.82 Å². The molecule has 1 saturated heterocycles. The molecule has 1 aromatic rings. The fourth-order valence-electron chi connectivity index (χ4n) is 2.44. The summed E-state index contributed by atoms with van der Waals surface area (Å²) in [5.41, 5.74) is 1.89. The van der Waals surface area contributed by atoms with Gasteiger partial charge < -0.3 is 10.2 Å². The van der Waals surface area contributed by atoms with E-state index in [1.807, 2.05) is 19.1 Å². The molecule has 2 rings (SSSR count). The summed E-state index contributed by atoms with van der Waals surface area (Å²) in [7, 11) is 2.15. The number of nitrogens with zero attached hydrogens (tertiary/aromatic N) is 1. The molecule has 0 radical (unpaired) electrons. The molecule has 1 aliphatic heterocycles. The van der Waals surface area contributed by atoms with E-state index in [1.54, 1.807) is 6.07 Å². The summed E-state index contributed by atoms with van der Waals surface area (Å²) in [5.74, 6) is 0.611. The Kier molecular flexibility index (Phi) is 4.13. The lowest BCUT2D eigenvalue weighted by atomic mass is 10.1. The number of halogens is 1. The van der Waals surface area contributed by atoms with Gasteiger partial charge in [0, 0.05) is 18.7 Å². The van der Waals surface area contributed by atoms with Crippen LogP contribution in [0, 0.1) is 18.7 Å². The van der Waals surface area contributed by atoms with Crippen LogP contribution in [0.4, 0.5) is 4.39 Å². The molecule has 1 fully saturated rings. The minimum atomic E-state index is -0.105. The minimum absolute atomic E-state index is 0.105. The van der Waals surface area contributed by atoms with E-state index < -0.39 is 0 Å². The molecule has 2 nitrogen and oxygen atoms in total. The second-order valence-corrected chi connectivity index (χ2v) is 5.14. The van der Waals surface area contributed by atoms with E-state index in [0.29, 0.717) is 12.5 Å². The second kappa shape index (κ2) is 5.61. The average Bonchev–Trinajstić information content (AvgIpc) is 2.69. The standard InChI is InChI=1S/C14H21FN2/c1-11-3-4-14(15)13(7-11)9-16-8-12-5-6-17(2)10-12/h3-4,7,12,16H,5-6,8-10H2,1-2H3. The van der Waals surface area contributed by atoms with E-state index in [9.17, 15) is 4.39 Å². The average molecular weight is 236 g/mol. The summed E-state index contributed by atoms with van der Waals surface area (Å²) in [6.07, 6.45) is 1.25. The SMILES string of the molecule is Cc1ccc(F)c(CNCC2CCN(C)C2)c1. The largest absolute Gasteiger partial charge is 0.312 e. The molecular weight excluding hydrogens is 215 g/mol. The first kappa shape index (κ1) is 12.5. The molecule has 1 aliphatic rings. The van der Waals surface area contributed by atoms with E-state index in [-0.39, 0.29) is 5.82 Å². The topological polar surface area (TPSA) is 15.3 Å². The summed E-state index contributed by atoms with van der Waals surface area (Å²) in [5, 5.41) is 3.37. The van der Waals surface area contributed by atoms with Crippen LogP contribution in [-0.2, 0) is 6.54 Å². The number of rotatable bonds is 4. The highest BCUT2D eigenvalue weighted by Gasteiger charge is 2.18. The number of benzene rings is 1. The van der Waals surface area contributed by atoms with Gasteiger partial charge in [-0.3, -0.25) is 0 Å². The minimum Gasteiger partial charge on any atom is -0.312 e. The maximum absolute atomic E-state index is 13.5. The normalized spacial score (nSPS) is 21.0. The van der Waals surface area contributed by atoms with Crippen molar-refractivity contribution in [3.63, 3.8) is 0 Å². The van der Waals surface area contributed by atoms with Gasteiger partial charge in [-0.15, -0.1) is 0 Å². The molecule has 1 heterocycles. The maximum atomic E-state index is 13.5. The fraction of sp³-hybridized carbons (Fsp3) is 0.571. The van der Waals surface area contributed by atoms with Crippen molar-refractivity contribution in [1.29, 1.82) is 0 Å². The molecule has 94 valence electrons. The van der Waals surface area contributed by atoms with Gasteiger partial charge in [0.25, 0.3) is 0 Å². The van der Waals surface area contributed by atoms with E-state index in [1.165, 1.54) is 13.0 Å². The Morgan fingerprint density at radius 2 is 2.29 bits per heavy atom. The van der Waals surface area contributed by atoms with Crippen LogP contribution in [0.15, 0.2) is 18.2 Å². The zero-order valence-electron chi connectivity index (χ0n) is 10.7. The van der Waals surface area contributed by atoms with Crippen LogP contribution >= 0.6 is 0 Å². The van der Waals surface area contributed by atoms with Gasteiger partial charge in [0.05, 0.1) is 0 Å². The van der Waals surface area contributed by atoms with E-state index in [2.05, 4.69) is 17.3 Å². The molecule has 1 N–H and O–H groups in total. The summed E-state index contributed by atoms with van der Waals surface area (Å²) in [6.45, 7) is 5.95. The Morgan fingerprint density at radius 3 is 3.00 bits per heavy atom. The third-order valence-corrected chi connectivity index (χ3v) is 3.44. The zero-order valence-corrected chi connectivity index (χ0v) is 10.7. The fourth-order valence-corrected chi connectivity index (χ4v) is 2.44. The lowest BCUT2D eigenvalue weighted by molar-refractivity contribution is 0.387. The van der Waals surface area contributed by atoms with Gasteiger partial charge in [-0.05, 0) is 45.5 Å². The molecule has 3 heteroatoms. The lowest BCUT2D eigenvalue weighted by Crippen LogP contribution is -2.25. The van der Waals surface area contributed by atoms with Gasteiger partial charge >= 0.3 is 0 Å². The third-order valence-electron chi connectivity index (χ3n) is 3.44. The zero-order chi connectivity index (χ0) is 12.3. The Hall–Kier alpha value is -0.930. The molecule has 0 bridgehead atoms. The summed E-state index contributed by atoms with van der Waals surface area (Å²) >= 11 is 0. The summed E-state index contributed by atoms with van der Waals surface area (Å²) in [6, 6.07) is 5.28. The highest BCUT2D eigenvalue weighted by atomic mass is 19.1. The van der Waals surface area contributed by atoms with Crippen LogP contribution in [0.25, 0.3) is 0 Å². The number of aryl methyl sites for hydroxylation is 1. The first-order valence-electron chi connectivity index (χ1n) is 6.29. The predicted octanol–water partition coefficient (Wildman–Crippen LogP) is 2.18. The van der Waals surface area contributed by atoms with Crippen LogP contribution in [0.2, 0.25) is 0 Å². The monoisotopic (exact) mass is 236 g/mol. The third kappa shape index (κ3) is 3.51. The van der Waals surface area contributed by atoms with Crippen molar-refractivity contribution in [2.45, 2.75) is 19.9 Å². The molecule has 1 atom stereocenters. The van der Waals surface area contributed by atoms with E-state index in [0.717, 1.165) is 24.2 Å². The molecule has 17 heavy (non-hydrogen) atoms. The van der Waals surface area contributed by atoms with Crippen molar-refractivity contribution in [2.24, 2.45) is 5.92 Å². The van der Waals surface area contributed by atoms with Crippen molar-refractivity contribution in [2.75, 3.05) is 26.7 Å². The Morgan fingerprint density at radius 1 is 1.47 bits per heavy atom. The van der Waals surface area contributed by atoms with Crippen LogP contribution in [0.1, 0.15) is 17.5 Å². The van der Waals surface area contributed by atoms with Gasteiger partial charge in [0.15, 0.2) is 0 Å².